The number of aromatic nitrogens is 2. The Balaban J connectivity index is 2.09. The monoisotopic (exact) mass is 482 g/mol. The molecule has 0 bridgehead atoms. The van der Waals surface area contributed by atoms with Crippen LogP contribution >= 0.6 is 0 Å². The molecule has 0 unspecified atom stereocenters. The van der Waals surface area contributed by atoms with Crippen LogP contribution in [0.3, 0.4) is 0 Å². The first-order valence-electron chi connectivity index (χ1n) is 11.7. The number of nitrogens with zero attached hydrogens (tertiary/aromatic N) is 2. The van der Waals surface area contributed by atoms with Crippen LogP contribution in [0.2, 0.25) is 0 Å². The molecule has 2 heterocycles. The lowest BCUT2D eigenvalue weighted by Crippen LogP contribution is -2.20. The summed E-state index contributed by atoms with van der Waals surface area (Å²) < 4.78 is 17.1. The maximum atomic E-state index is 12.9. The first kappa shape index (κ1) is 26.0. The summed E-state index contributed by atoms with van der Waals surface area (Å²) >= 11 is 0. The van der Waals surface area contributed by atoms with Gasteiger partial charge in [-0.2, -0.15) is 0 Å². The van der Waals surface area contributed by atoms with Crippen LogP contribution < -0.4 is 15.4 Å². The SMILES string of the molecule is CCC(CC)Nc1cnc2c(c1)c(NC(=O)COC)c(C(=O)OC)n2CCc1ccc(OC)cc1. The zero-order valence-corrected chi connectivity index (χ0v) is 21.0. The molecule has 0 radical (unpaired) electrons. The molecule has 0 aliphatic rings. The van der Waals surface area contributed by atoms with E-state index in [1.807, 2.05) is 30.3 Å². The maximum Gasteiger partial charge on any atom is 0.356 e. The van der Waals surface area contributed by atoms with Crippen molar-refractivity contribution in [3.63, 3.8) is 0 Å². The molecule has 1 amide bonds. The summed E-state index contributed by atoms with van der Waals surface area (Å²) in [4.78, 5) is 30.1. The normalized spacial score (nSPS) is 11.0. The summed E-state index contributed by atoms with van der Waals surface area (Å²) in [5.74, 6) is -0.150. The Labute approximate surface area is 205 Å². The number of fused-ring (bicyclic) bond motifs is 1. The molecule has 2 N–H and O–H groups in total. The van der Waals surface area contributed by atoms with Gasteiger partial charge in [0.15, 0.2) is 5.69 Å². The minimum absolute atomic E-state index is 0.141. The second-order valence-electron chi connectivity index (χ2n) is 8.20. The van der Waals surface area contributed by atoms with Gasteiger partial charge < -0.3 is 29.4 Å². The van der Waals surface area contributed by atoms with Crippen molar-refractivity contribution in [2.24, 2.45) is 0 Å². The van der Waals surface area contributed by atoms with Gasteiger partial charge in [-0.3, -0.25) is 4.79 Å². The van der Waals surface area contributed by atoms with Crippen molar-refractivity contribution in [2.75, 3.05) is 38.6 Å². The predicted octanol–water partition coefficient (Wildman–Crippen LogP) is 4.26. The number of hydrogen-bond acceptors (Lipinski definition) is 7. The fourth-order valence-corrected chi connectivity index (χ4v) is 4.03. The number of ether oxygens (including phenoxy) is 3. The van der Waals surface area contributed by atoms with Crippen molar-refractivity contribution < 1.29 is 23.8 Å². The highest BCUT2D eigenvalue weighted by molar-refractivity contribution is 6.11. The molecule has 9 nitrogen and oxygen atoms in total. The number of hydrogen-bond donors (Lipinski definition) is 2. The first-order chi connectivity index (χ1) is 16.9. The molecule has 3 rings (SSSR count). The van der Waals surface area contributed by atoms with Crippen LogP contribution in [-0.2, 0) is 27.2 Å². The van der Waals surface area contributed by atoms with Gasteiger partial charge in [-0.05, 0) is 43.0 Å². The van der Waals surface area contributed by atoms with E-state index in [1.165, 1.54) is 14.2 Å². The lowest BCUT2D eigenvalue weighted by Gasteiger charge is -2.16. The smallest absolute Gasteiger partial charge is 0.356 e. The summed E-state index contributed by atoms with van der Waals surface area (Å²) in [6.45, 7) is 4.56. The van der Waals surface area contributed by atoms with Crippen LogP contribution in [-0.4, -0.2) is 55.4 Å². The second kappa shape index (κ2) is 12.2. The van der Waals surface area contributed by atoms with Gasteiger partial charge in [-0.1, -0.05) is 26.0 Å². The molecule has 1 aromatic carbocycles. The molecule has 0 atom stereocenters. The predicted molar refractivity (Wildman–Crippen MR) is 136 cm³/mol. The average Bonchev–Trinajstić information content (AvgIpc) is 3.18. The van der Waals surface area contributed by atoms with Crippen LogP contribution in [0.4, 0.5) is 11.4 Å². The topological polar surface area (TPSA) is 104 Å². The number of pyridine rings is 1. The van der Waals surface area contributed by atoms with Gasteiger partial charge in [-0.25, -0.2) is 9.78 Å². The van der Waals surface area contributed by atoms with Crippen LogP contribution in [0.25, 0.3) is 11.0 Å². The first-order valence-corrected chi connectivity index (χ1v) is 11.7. The molecular weight excluding hydrogens is 448 g/mol. The Kier molecular flexibility index (Phi) is 9.08. The largest absolute Gasteiger partial charge is 0.497 e. The molecule has 0 aliphatic heterocycles. The summed E-state index contributed by atoms with van der Waals surface area (Å²) in [6, 6.07) is 9.96. The van der Waals surface area contributed by atoms with E-state index in [2.05, 4.69) is 29.5 Å². The van der Waals surface area contributed by atoms with Gasteiger partial charge in [0.25, 0.3) is 0 Å². The molecule has 9 heteroatoms. The lowest BCUT2D eigenvalue weighted by atomic mass is 10.1. The van der Waals surface area contributed by atoms with E-state index in [0.717, 1.165) is 29.8 Å². The van der Waals surface area contributed by atoms with Gasteiger partial charge in [0, 0.05) is 25.1 Å². The van der Waals surface area contributed by atoms with Gasteiger partial charge in [0.05, 0.1) is 31.8 Å². The highest BCUT2D eigenvalue weighted by atomic mass is 16.5. The number of carbonyl (C=O) groups excluding carboxylic acids is 2. The second-order valence-corrected chi connectivity index (χ2v) is 8.20. The standard InChI is InChI=1S/C26H34N4O5/c1-6-18(7-2)28-19-14-21-23(29-22(31)16-33-3)24(26(32)35-5)30(25(21)27-15-19)13-12-17-8-10-20(34-4)11-9-17/h8-11,14-15,18,28H,6-7,12-13,16H2,1-5H3,(H,29,31). The quantitative estimate of drug-likeness (QED) is 0.372. The van der Waals surface area contributed by atoms with Gasteiger partial charge in [0.2, 0.25) is 5.91 Å². The third-order valence-corrected chi connectivity index (χ3v) is 5.96. The fraction of sp³-hybridized carbons (Fsp3) is 0.423. The maximum absolute atomic E-state index is 12.9. The molecule has 0 spiro atoms. The molecule has 0 aliphatic carbocycles. The zero-order valence-electron chi connectivity index (χ0n) is 21.0. The Morgan fingerprint density at radius 2 is 1.80 bits per heavy atom. The number of nitrogens with one attached hydrogen (secondary N) is 2. The van der Waals surface area contributed by atoms with E-state index in [0.29, 0.717) is 29.7 Å². The average molecular weight is 483 g/mol. The van der Waals surface area contributed by atoms with E-state index >= 15 is 0 Å². The summed E-state index contributed by atoms with van der Waals surface area (Å²) in [7, 11) is 4.39. The van der Waals surface area contributed by atoms with Crippen molar-refractivity contribution >= 4 is 34.3 Å². The number of esters is 1. The summed E-state index contributed by atoms with van der Waals surface area (Å²) in [5.41, 5.74) is 3.08. The number of rotatable bonds is 12. The fourth-order valence-electron chi connectivity index (χ4n) is 4.03. The molecule has 2 aromatic heterocycles. The molecule has 3 aromatic rings. The van der Waals surface area contributed by atoms with Crippen LogP contribution in [0.1, 0.15) is 42.7 Å². The lowest BCUT2D eigenvalue weighted by molar-refractivity contribution is -0.119. The van der Waals surface area contributed by atoms with E-state index < -0.39 is 5.97 Å². The number of amides is 1. The van der Waals surface area contributed by atoms with Crippen molar-refractivity contribution in [2.45, 2.75) is 45.7 Å². The Hall–Kier alpha value is -3.59. The molecule has 0 saturated carbocycles. The Morgan fingerprint density at radius 1 is 1.09 bits per heavy atom. The van der Waals surface area contributed by atoms with Gasteiger partial charge in [0.1, 0.15) is 18.0 Å². The van der Waals surface area contributed by atoms with E-state index in [4.69, 9.17) is 14.2 Å². The van der Waals surface area contributed by atoms with Crippen molar-refractivity contribution in [3.8, 4) is 5.75 Å². The molecule has 35 heavy (non-hydrogen) atoms. The number of benzene rings is 1. The van der Waals surface area contributed by atoms with Crippen LogP contribution in [0.5, 0.6) is 5.75 Å². The summed E-state index contributed by atoms with van der Waals surface area (Å²) in [5, 5.41) is 6.97. The third kappa shape index (κ3) is 6.10. The highest BCUT2D eigenvalue weighted by Crippen LogP contribution is 2.33. The highest BCUT2D eigenvalue weighted by Gasteiger charge is 2.26. The molecule has 0 saturated heterocycles. The van der Waals surface area contributed by atoms with E-state index in [1.54, 1.807) is 17.9 Å². The zero-order chi connectivity index (χ0) is 25.4. The minimum Gasteiger partial charge on any atom is -0.497 e. The molecular formula is C26H34N4O5. The van der Waals surface area contributed by atoms with Crippen LogP contribution in [0.15, 0.2) is 36.5 Å². The molecule has 188 valence electrons. The Morgan fingerprint density at radius 3 is 2.40 bits per heavy atom. The van der Waals surface area contributed by atoms with Gasteiger partial charge in [-0.15, -0.1) is 0 Å². The third-order valence-electron chi connectivity index (χ3n) is 5.96. The van der Waals surface area contributed by atoms with E-state index in [9.17, 15) is 9.59 Å². The van der Waals surface area contributed by atoms with Crippen molar-refractivity contribution in [1.82, 2.24) is 9.55 Å². The van der Waals surface area contributed by atoms with E-state index in [-0.39, 0.29) is 24.2 Å². The van der Waals surface area contributed by atoms with Gasteiger partial charge >= 0.3 is 5.97 Å². The number of methoxy groups -OCH3 is 3. The number of aryl methyl sites for hydroxylation is 2. The number of anilines is 2. The van der Waals surface area contributed by atoms with Crippen molar-refractivity contribution in [1.29, 1.82) is 0 Å². The van der Waals surface area contributed by atoms with Crippen molar-refractivity contribution in [3.05, 3.63) is 47.8 Å². The summed E-state index contributed by atoms with van der Waals surface area (Å²) in [6.07, 6.45) is 4.31. The molecule has 0 fully saturated rings. The Bertz CT molecular complexity index is 1150. The van der Waals surface area contributed by atoms with Crippen LogP contribution in [0, 0.1) is 0 Å². The minimum atomic E-state index is -0.556. The number of carbonyl (C=O) groups is 2.